The molecule has 1 heterocycles. The van der Waals surface area contributed by atoms with Gasteiger partial charge in [0.1, 0.15) is 0 Å². The number of carboxylic acids is 1. The summed E-state index contributed by atoms with van der Waals surface area (Å²) in [6.07, 6.45) is 4.81. The number of benzene rings is 1. The fourth-order valence-electron chi connectivity index (χ4n) is 2.84. The molecule has 0 radical (unpaired) electrons. The third-order valence-electron chi connectivity index (χ3n) is 3.67. The van der Waals surface area contributed by atoms with Crippen LogP contribution >= 0.6 is 11.3 Å². The van der Waals surface area contributed by atoms with Crippen LogP contribution in [0.25, 0.3) is 10.2 Å². The summed E-state index contributed by atoms with van der Waals surface area (Å²) in [5, 5.41) is 10.2. The van der Waals surface area contributed by atoms with E-state index in [1.165, 1.54) is 12.8 Å². The Kier molecular flexibility index (Phi) is 2.82. The molecule has 0 saturated heterocycles. The average Bonchev–Trinajstić information content (AvgIpc) is 2.94. The number of fused-ring (bicyclic) bond motifs is 1. The molecular weight excluding hydrogens is 246 g/mol. The van der Waals surface area contributed by atoms with Crippen LogP contribution in [-0.2, 0) is 0 Å². The van der Waals surface area contributed by atoms with Gasteiger partial charge in [0.2, 0.25) is 0 Å². The van der Waals surface area contributed by atoms with Gasteiger partial charge < -0.3 is 5.11 Å². The first-order chi connectivity index (χ1) is 8.65. The zero-order chi connectivity index (χ0) is 12.7. The molecule has 2 aromatic rings. The third-order valence-corrected chi connectivity index (χ3v) is 4.59. The predicted octanol–water partition coefficient (Wildman–Crippen LogP) is 3.96. The van der Waals surface area contributed by atoms with Gasteiger partial charge in [-0.15, -0.1) is 11.3 Å². The fraction of sp³-hybridized carbons (Fsp3) is 0.429. The Labute approximate surface area is 109 Å². The van der Waals surface area contributed by atoms with Crippen molar-refractivity contribution in [3.8, 4) is 0 Å². The maximum atomic E-state index is 11.2. The summed E-state index contributed by atoms with van der Waals surface area (Å²) < 4.78 is 1.01. The van der Waals surface area contributed by atoms with Crippen LogP contribution in [0.1, 0.15) is 52.5 Å². The number of hydrogen-bond acceptors (Lipinski definition) is 3. The molecule has 94 valence electrons. The summed E-state index contributed by atoms with van der Waals surface area (Å²) >= 11 is 1.58. The molecular formula is C14H15NO2S. The van der Waals surface area contributed by atoms with Crippen molar-refractivity contribution < 1.29 is 9.90 Å². The highest BCUT2D eigenvalue weighted by molar-refractivity contribution is 7.18. The van der Waals surface area contributed by atoms with Gasteiger partial charge in [-0.25, -0.2) is 9.78 Å². The van der Waals surface area contributed by atoms with Gasteiger partial charge in [-0.3, -0.25) is 0 Å². The highest BCUT2D eigenvalue weighted by Crippen LogP contribution is 2.39. The first-order valence-electron chi connectivity index (χ1n) is 6.29. The highest BCUT2D eigenvalue weighted by Gasteiger charge is 2.22. The molecule has 1 saturated carbocycles. The lowest BCUT2D eigenvalue weighted by atomic mass is 9.95. The number of thiazole rings is 1. The van der Waals surface area contributed by atoms with E-state index in [-0.39, 0.29) is 0 Å². The van der Waals surface area contributed by atoms with Crippen LogP contribution in [-0.4, -0.2) is 16.1 Å². The fourth-order valence-corrected chi connectivity index (χ4v) is 3.74. The molecule has 3 rings (SSSR count). The maximum Gasteiger partial charge on any atom is 0.335 e. The smallest absolute Gasteiger partial charge is 0.335 e. The minimum atomic E-state index is -0.845. The van der Waals surface area contributed by atoms with Gasteiger partial charge in [0.25, 0.3) is 0 Å². The number of aromatic carboxylic acids is 1. The molecule has 1 N–H and O–H groups in total. The van der Waals surface area contributed by atoms with Crippen molar-refractivity contribution in [2.24, 2.45) is 0 Å². The summed E-state index contributed by atoms with van der Waals surface area (Å²) in [7, 11) is 0. The molecule has 0 spiro atoms. The van der Waals surface area contributed by atoms with Crippen molar-refractivity contribution in [2.75, 3.05) is 0 Å². The normalized spacial score (nSPS) is 16.5. The largest absolute Gasteiger partial charge is 0.478 e. The summed E-state index contributed by atoms with van der Waals surface area (Å²) in [5.41, 5.74) is 2.56. The molecule has 1 aromatic carbocycles. The van der Waals surface area contributed by atoms with Crippen LogP contribution < -0.4 is 0 Å². The quantitative estimate of drug-likeness (QED) is 0.890. The van der Waals surface area contributed by atoms with E-state index >= 15 is 0 Å². The SMILES string of the molecule is Cc1nc2c(C3CCCC3)cc(C(=O)O)cc2s1. The molecule has 0 bridgehead atoms. The molecule has 0 atom stereocenters. The number of nitrogens with zero attached hydrogens (tertiary/aromatic N) is 1. The third kappa shape index (κ3) is 1.90. The molecule has 1 aliphatic rings. The summed E-state index contributed by atoms with van der Waals surface area (Å²) in [6, 6.07) is 3.58. The lowest BCUT2D eigenvalue weighted by Crippen LogP contribution is -2.01. The zero-order valence-electron chi connectivity index (χ0n) is 10.3. The van der Waals surface area contributed by atoms with Gasteiger partial charge in [0.15, 0.2) is 0 Å². The Balaban J connectivity index is 2.22. The van der Waals surface area contributed by atoms with Crippen molar-refractivity contribution >= 4 is 27.5 Å². The van der Waals surface area contributed by atoms with Crippen LogP contribution in [0, 0.1) is 6.92 Å². The van der Waals surface area contributed by atoms with Crippen molar-refractivity contribution in [3.05, 3.63) is 28.3 Å². The standard InChI is InChI=1S/C14H15NO2S/c1-8-15-13-11(9-4-2-3-5-9)6-10(14(16)17)7-12(13)18-8/h6-7,9H,2-5H2,1H3,(H,16,17). The van der Waals surface area contributed by atoms with Crippen LogP contribution in [0.2, 0.25) is 0 Å². The first kappa shape index (κ1) is 11.7. The molecule has 3 nitrogen and oxygen atoms in total. The average molecular weight is 261 g/mol. The van der Waals surface area contributed by atoms with Gasteiger partial charge in [0.05, 0.1) is 20.8 Å². The number of hydrogen-bond donors (Lipinski definition) is 1. The monoisotopic (exact) mass is 261 g/mol. The van der Waals surface area contributed by atoms with Gasteiger partial charge in [0, 0.05) is 0 Å². The Bertz CT molecular complexity index is 612. The minimum absolute atomic E-state index is 0.396. The second kappa shape index (κ2) is 4.35. The van der Waals surface area contributed by atoms with E-state index in [9.17, 15) is 9.90 Å². The van der Waals surface area contributed by atoms with E-state index in [0.29, 0.717) is 11.5 Å². The van der Waals surface area contributed by atoms with Crippen LogP contribution in [0.5, 0.6) is 0 Å². The van der Waals surface area contributed by atoms with Crippen molar-refractivity contribution in [1.29, 1.82) is 0 Å². The maximum absolute atomic E-state index is 11.2. The van der Waals surface area contributed by atoms with E-state index < -0.39 is 5.97 Å². The number of carboxylic acid groups (broad SMARTS) is 1. The zero-order valence-corrected chi connectivity index (χ0v) is 11.1. The highest BCUT2D eigenvalue weighted by atomic mass is 32.1. The topological polar surface area (TPSA) is 50.2 Å². The second-order valence-corrected chi connectivity index (χ2v) is 6.17. The summed E-state index contributed by atoms with van der Waals surface area (Å²) in [6.45, 7) is 1.98. The summed E-state index contributed by atoms with van der Waals surface area (Å²) in [5.74, 6) is -0.351. The van der Waals surface area contributed by atoms with Crippen molar-refractivity contribution in [1.82, 2.24) is 4.98 Å². The molecule has 18 heavy (non-hydrogen) atoms. The molecule has 0 amide bonds. The lowest BCUT2D eigenvalue weighted by Gasteiger charge is -2.11. The van der Waals surface area contributed by atoms with Crippen LogP contribution in [0.4, 0.5) is 0 Å². The van der Waals surface area contributed by atoms with E-state index in [1.807, 2.05) is 13.0 Å². The lowest BCUT2D eigenvalue weighted by molar-refractivity contribution is 0.0697. The number of rotatable bonds is 2. The molecule has 0 unspecified atom stereocenters. The molecule has 4 heteroatoms. The van der Waals surface area contributed by atoms with E-state index in [0.717, 1.165) is 33.6 Å². The van der Waals surface area contributed by atoms with Crippen LogP contribution in [0.15, 0.2) is 12.1 Å². The minimum Gasteiger partial charge on any atom is -0.478 e. The predicted molar refractivity (Wildman–Crippen MR) is 72.5 cm³/mol. The van der Waals surface area contributed by atoms with Gasteiger partial charge >= 0.3 is 5.97 Å². The molecule has 1 aliphatic carbocycles. The number of aryl methyl sites for hydroxylation is 1. The Morgan fingerprint density at radius 2 is 2.11 bits per heavy atom. The molecule has 1 aromatic heterocycles. The van der Waals surface area contributed by atoms with Gasteiger partial charge in [-0.1, -0.05) is 12.8 Å². The van der Waals surface area contributed by atoms with Gasteiger partial charge in [-0.05, 0) is 43.4 Å². The van der Waals surface area contributed by atoms with E-state index in [4.69, 9.17) is 0 Å². The Morgan fingerprint density at radius 1 is 1.39 bits per heavy atom. The van der Waals surface area contributed by atoms with Gasteiger partial charge in [-0.2, -0.15) is 0 Å². The number of aromatic nitrogens is 1. The number of carbonyl (C=O) groups is 1. The van der Waals surface area contributed by atoms with Crippen LogP contribution in [0.3, 0.4) is 0 Å². The van der Waals surface area contributed by atoms with Crippen molar-refractivity contribution in [2.45, 2.75) is 38.5 Å². The first-order valence-corrected chi connectivity index (χ1v) is 7.11. The van der Waals surface area contributed by atoms with E-state index in [1.54, 1.807) is 17.4 Å². The molecule has 1 fully saturated rings. The van der Waals surface area contributed by atoms with E-state index in [2.05, 4.69) is 4.98 Å². The second-order valence-electron chi connectivity index (χ2n) is 4.93. The van der Waals surface area contributed by atoms with Crippen molar-refractivity contribution in [3.63, 3.8) is 0 Å². The Hall–Kier alpha value is -1.42. The molecule has 0 aliphatic heterocycles. The summed E-state index contributed by atoms with van der Waals surface area (Å²) in [4.78, 5) is 15.8. The Morgan fingerprint density at radius 3 is 2.78 bits per heavy atom.